The predicted molar refractivity (Wildman–Crippen MR) is 117 cm³/mol. The van der Waals surface area contributed by atoms with Crippen molar-refractivity contribution in [2.24, 2.45) is 11.7 Å². The second kappa shape index (κ2) is 9.96. The summed E-state index contributed by atoms with van der Waals surface area (Å²) in [5.74, 6) is 0.439. The first kappa shape index (κ1) is 23.9. The fourth-order valence-corrected chi connectivity index (χ4v) is 3.98. The number of halogens is 2. The van der Waals surface area contributed by atoms with Crippen LogP contribution in [0, 0.1) is 5.92 Å². The summed E-state index contributed by atoms with van der Waals surface area (Å²) in [6, 6.07) is 4.25. The van der Waals surface area contributed by atoms with E-state index in [2.05, 4.69) is 9.72 Å². The smallest absolute Gasteiger partial charge is 0.387 e. The number of piperazine rings is 1. The van der Waals surface area contributed by atoms with Gasteiger partial charge in [0.2, 0.25) is 11.8 Å². The van der Waals surface area contributed by atoms with Crippen LogP contribution in [0.1, 0.15) is 42.9 Å². The summed E-state index contributed by atoms with van der Waals surface area (Å²) in [6.07, 6.45) is 2.07. The van der Waals surface area contributed by atoms with Gasteiger partial charge >= 0.3 is 6.61 Å². The number of carbonyl (C=O) groups is 2. The van der Waals surface area contributed by atoms with E-state index < -0.39 is 6.61 Å². The monoisotopic (exact) mass is 478 g/mol. The lowest BCUT2D eigenvalue weighted by Gasteiger charge is -2.39. The van der Waals surface area contributed by atoms with E-state index in [-0.39, 0.29) is 53.2 Å². The molecule has 4 rings (SSSR count). The summed E-state index contributed by atoms with van der Waals surface area (Å²) in [5, 5.41) is 0. The van der Waals surface area contributed by atoms with Crippen LogP contribution in [0.2, 0.25) is 0 Å². The lowest BCUT2D eigenvalue weighted by molar-refractivity contribution is -0.132. The minimum absolute atomic E-state index is 0.0371. The Kier molecular flexibility index (Phi) is 7.01. The molecule has 1 aliphatic carbocycles. The number of nitrogens with zero attached hydrogens (tertiary/aromatic N) is 3. The van der Waals surface area contributed by atoms with Crippen molar-refractivity contribution in [3.63, 3.8) is 0 Å². The van der Waals surface area contributed by atoms with Crippen LogP contribution < -0.4 is 15.2 Å². The maximum atomic E-state index is 13.2. The zero-order valence-corrected chi connectivity index (χ0v) is 19.1. The summed E-state index contributed by atoms with van der Waals surface area (Å²) in [7, 11) is 0. The molecule has 2 N–H and O–H groups in total. The molecule has 1 aliphatic heterocycles. The standard InChI is InChI=1S/C23H28F2N4O5/c1-13-11-28(7-8-29(13)14(2)30)22(31)20-19(10-26)33-21(27-20)16-5-6-17(34-23(24)25)18(9-16)32-12-15-3-4-15/h5-6,9,13,15,23H,3-4,7-8,10-12,26H2,1-2H3/t13-/m1/s1. The van der Waals surface area contributed by atoms with Gasteiger partial charge in [-0.3, -0.25) is 9.59 Å². The van der Waals surface area contributed by atoms with Gasteiger partial charge in [0, 0.05) is 38.2 Å². The van der Waals surface area contributed by atoms with Crippen molar-refractivity contribution in [1.82, 2.24) is 14.8 Å². The maximum Gasteiger partial charge on any atom is 0.387 e. The normalized spacial score (nSPS) is 18.4. The Labute approximate surface area is 195 Å². The van der Waals surface area contributed by atoms with Gasteiger partial charge in [-0.1, -0.05) is 0 Å². The number of alkyl halides is 2. The summed E-state index contributed by atoms with van der Waals surface area (Å²) in [6.45, 7) is 1.91. The fraction of sp³-hybridized carbons (Fsp3) is 0.522. The second-order valence-corrected chi connectivity index (χ2v) is 8.60. The first-order valence-corrected chi connectivity index (χ1v) is 11.2. The highest BCUT2D eigenvalue weighted by Crippen LogP contribution is 2.36. The molecule has 0 bridgehead atoms. The number of carbonyl (C=O) groups excluding carboxylic acids is 2. The molecule has 1 atom stereocenters. The predicted octanol–water partition coefficient (Wildman–Crippen LogP) is 2.88. The third kappa shape index (κ3) is 5.30. The van der Waals surface area contributed by atoms with Crippen LogP contribution in [-0.2, 0) is 11.3 Å². The SMILES string of the molecule is CC(=O)N1CCN(C(=O)c2nc(-c3ccc(OC(F)F)c(OCC4CC4)c3)oc2CN)C[C@H]1C. The zero-order chi connectivity index (χ0) is 24.4. The van der Waals surface area contributed by atoms with Crippen LogP contribution >= 0.6 is 0 Å². The Hall–Kier alpha value is -3.21. The van der Waals surface area contributed by atoms with E-state index in [1.807, 2.05) is 6.92 Å². The third-order valence-electron chi connectivity index (χ3n) is 5.98. The average molecular weight is 478 g/mol. The number of nitrogens with two attached hydrogens (primary N) is 1. The van der Waals surface area contributed by atoms with E-state index in [1.54, 1.807) is 9.80 Å². The van der Waals surface area contributed by atoms with Crippen LogP contribution in [0.3, 0.4) is 0 Å². The number of amides is 2. The molecular weight excluding hydrogens is 450 g/mol. The zero-order valence-electron chi connectivity index (χ0n) is 19.1. The summed E-state index contributed by atoms with van der Waals surface area (Å²) < 4.78 is 41.7. The lowest BCUT2D eigenvalue weighted by Crippen LogP contribution is -2.55. The molecule has 1 saturated heterocycles. The molecule has 0 spiro atoms. The van der Waals surface area contributed by atoms with Crippen LogP contribution in [0.5, 0.6) is 11.5 Å². The molecule has 184 valence electrons. The molecule has 1 aromatic heterocycles. The van der Waals surface area contributed by atoms with Gasteiger partial charge < -0.3 is 29.4 Å². The summed E-state index contributed by atoms with van der Waals surface area (Å²) in [4.78, 5) is 32.6. The quantitative estimate of drug-likeness (QED) is 0.621. The Balaban J connectivity index is 1.57. The van der Waals surface area contributed by atoms with Gasteiger partial charge in [-0.2, -0.15) is 8.78 Å². The lowest BCUT2D eigenvalue weighted by atomic mass is 10.1. The number of benzene rings is 1. The second-order valence-electron chi connectivity index (χ2n) is 8.60. The molecular formula is C23H28F2N4O5. The van der Waals surface area contributed by atoms with E-state index in [4.69, 9.17) is 14.9 Å². The van der Waals surface area contributed by atoms with Gasteiger partial charge in [-0.25, -0.2) is 4.98 Å². The fourth-order valence-electron chi connectivity index (χ4n) is 3.98. The van der Waals surface area contributed by atoms with Gasteiger partial charge in [0.25, 0.3) is 5.91 Å². The van der Waals surface area contributed by atoms with Crippen molar-refractivity contribution in [1.29, 1.82) is 0 Å². The van der Waals surface area contributed by atoms with Crippen molar-refractivity contribution >= 4 is 11.8 Å². The average Bonchev–Trinajstić information content (AvgIpc) is 3.53. The van der Waals surface area contributed by atoms with Gasteiger partial charge in [-0.05, 0) is 43.9 Å². The Morgan fingerprint density at radius 1 is 1.26 bits per heavy atom. The van der Waals surface area contributed by atoms with Gasteiger partial charge in [0.15, 0.2) is 23.0 Å². The highest BCUT2D eigenvalue weighted by Gasteiger charge is 2.32. The summed E-state index contributed by atoms with van der Waals surface area (Å²) in [5.41, 5.74) is 6.34. The minimum Gasteiger partial charge on any atom is -0.489 e. The number of hydrogen-bond acceptors (Lipinski definition) is 7. The first-order chi connectivity index (χ1) is 16.3. The van der Waals surface area contributed by atoms with E-state index in [1.165, 1.54) is 25.1 Å². The third-order valence-corrected chi connectivity index (χ3v) is 5.98. The van der Waals surface area contributed by atoms with Gasteiger partial charge in [-0.15, -0.1) is 0 Å². The van der Waals surface area contributed by atoms with Crippen molar-refractivity contribution in [2.45, 2.75) is 45.9 Å². The molecule has 2 aromatic rings. The Bertz CT molecular complexity index is 1060. The van der Waals surface area contributed by atoms with E-state index in [0.29, 0.717) is 37.7 Å². The minimum atomic E-state index is -2.99. The molecule has 9 nitrogen and oxygen atoms in total. The highest BCUT2D eigenvalue weighted by molar-refractivity contribution is 5.94. The Morgan fingerprint density at radius 2 is 2.03 bits per heavy atom. The molecule has 0 unspecified atom stereocenters. The number of oxazole rings is 1. The van der Waals surface area contributed by atoms with E-state index >= 15 is 0 Å². The molecule has 0 radical (unpaired) electrons. The number of aromatic nitrogens is 1. The van der Waals surface area contributed by atoms with Gasteiger partial charge in [0.05, 0.1) is 13.2 Å². The van der Waals surface area contributed by atoms with E-state index in [9.17, 15) is 18.4 Å². The van der Waals surface area contributed by atoms with Crippen LogP contribution in [0.25, 0.3) is 11.5 Å². The maximum absolute atomic E-state index is 13.2. The molecule has 34 heavy (non-hydrogen) atoms. The van der Waals surface area contributed by atoms with Crippen molar-refractivity contribution in [3.05, 3.63) is 29.7 Å². The summed E-state index contributed by atoms with van der Waals surface area (Å²) >= 11 is 0. The van der Waals surface area contributed by atoms with Crippen molar-refractivity contribution in [2.75, 3.05) is 26.2 Å². The van der Waals surface area contributed by atoms with Crippen molar-refractivity contribution in [3.8, 4) is 23.0 Å². The number of hydrogen-bond donors (Lipinski definition) is 1. The molecule has 1 saturated carbocycles. The molecule has 2 fully saturated rings. The number of rotatable bonds is 8. The highest BCUT2D eigenvalue weighted by atomic mass is 19.3. The van der Waals surface area contributed by atoms with Gasteiger partial charge in [0.1, 0.15) is 0 Å². The van der Waals surface area contributed by atoms with Crippen LogP contribution in [0.15, 0.2) is 22.6 Å². The molecule has 2 heterocycles. The number of ether oxygens (including phenoxy) is 2. The first-order valence-electron chi connectivity index (χ1n) is 11.2. The Morgan fingerprint density at radius 3 is 2.65 bits per heavy atom. The molecule has 2 amide bonds. The van der Waals surface area contributed by atoms with E-state index in [0.717, 1.165) is 12.8 Å². The topological polar surface area (TPSA) is 111 Å². The molecule has 2 aliphatic rings. The molecule has 11 heteroatoms. The molecule has 1 aromatic carbocycles. The largest absolute Gasteiger partial charge is 0.489 e. The van der Waals surface area contributed by atoms with Crippen molar-refractivity contribution < 1.29 is 32.3 Å². The van der Waals surface area contributed by atoms with Crippen LogP contribution in [-0.4, -0.2) is 65.5 Å². The van der Waals surface area contributed by atoms with Crippen LogP contribution in [0.4, 0.5) is 8.78 Å².